The van der Waals surface area contributed by atoms with E-state index in [0.29, 0.717) is 21.9 Å². The molecule has 0 aliphatic heterocycles. The van der Waals surface area contributed by atoms with Crippen molar-refractivity contribution < 1.29 is 14.4 Å². The third-order valence-corrected chi connectivity index (χ3v) is 5.07. The molecule has 0 atom stereocenters. The molecule has 0 aliphatic carbocycles. The van der Waals surface area contributed by atoms with Crippen LogP contribution >= 0.6 is 11.3 Å². The van der Waals surface area contributed by atoms with E-state index in [4.69, 9.17) is 0 Å². The maximum atomic E-state index is 12.6. The SMILES string of the molecule is CC(=O)Nc1ccc(-c2csc3nc(NC(=O)c4cccc(NC(C)=O)c4)nn23)cc1. The Bertz CT molecular complexity index is 1290. The van der Waals surface area contributed by atoms with Gasteiger partial charge in [0.2, 0.25) is 16.8 Å². The van der Waals surface area contributed by atoms with Crippen LogP contribution in [0.15, 0.2) is 53.9 Å². The molecule has 0 saturated carbocycles. The minimum atomic E-state index is -0.383. The molecule has 0 bridgehead atoms. The standard InChI is InChI=1S/C21H18N6O3S/c1-12(28)22-16-8-6-14(7-9-16)18-11-31-21-25-20(26-27(18)21)24-19(30)15-4-3-5-17(10-15)23-13(2)29/h3-11H,1-2H3,(H,22,28)(H,23,29)(H,24,26,30). The molecule has 9 nitrogen and oxygen atoms in total. The van der Waals surface area contributed by atoms with E-state index in [1.165, 1.54) is 25.2 Å². The third-order valence-electron chi connectivity index (χ3n) is 4.25. The summed E-state index contributed by atoms with van der Waals surface area (Å²) >= 11 is 1.40. The summed E-state index contributed by atoms with van der Waals surface area (Å²) in [6.07, 6.45) is 0. The quantitative estimate of drug-likeness (QED) is 0.443. The van der Waals surface area contributed by atoms with Crippen molar-refractivity contribution in [2.45, 2.75) is 13.8 Å². The number of nitrogens with one attached hydrogen (secondary N) is 3. The predicted molar refractivity (Wildman–Crippen MR) is 119 cm³/mol. The van der Waals surface area contributed by atoms with Crippen molar-refractivity contribution in [1.82, 2.24) is 14.6 Å². The van der Waals surface area contributed by atoms with Gasteiger partial charge >= 0.3 is 0 Å². The van der Waals surface area contributed by atoms with Crippen LogP contribution in [0.2, 0.25) is 0 Å². The Morgan fingerprint density at radius 2 is 1.61 bits per heavy atom. The first-order valence-corrected chi connectivity index (χ1v) is 10.2. The van der Waals surface area contributed by atoms with Crippen LogP contribution in [0.1, 0.15) is 24.2 Å². The number of anilines is 3. The van der Waals surface area contributed by atoms with Gasteiger partial charge in [0.25, 0.3) is 11.9 Å². The fourth-order valence-corrected chi connectivity index (χ4v) is 3.81. The minimum Gasteiger partial charge on any atom is -0.326 e. The van der Waals surface area contributed by atoms with Crippen LogP contribution in [0.4, 0.5) is 17.3 Å². The Morgan fingerprint density at radius 3 is 2.32 bits per heavy atom. The molecule has 4 aromatic rings. The van der Waals surface area contributed by atoms with Gasteiger partial charge in [0.05, 0.1) is 5.69 Å². The fraction of sp³-hybridized carbons (Fsp3) is 0.0952. The topological polar surface area (TPSA) is 117 Å². The summed E-state index contributed by atoms with van der Waals surface area (Å²) < 4.78 is 1.65. The summed E-state index contributed by atoms with van der Waals surface area (Å²) in [6.45, 7) is 2.86. The molecule has 0 aliphatic rings. The molecule has 3 N–H and O–H groups in total. The van der Waals surface area contributed by atoms with Crippen LogP contribution in [0.3, 0.4) is 0 Å². The summed E-state index contributed by atoms with van der Waals surface area (Å²) in [5.41, 5.74) is 3.32. The maximum absolute atomic E-state index is 12.6. The highest BCUT2D eigenvalue weighted by molar-refractivity contribution is 7.15. The lowest BCUT2D eigenvalue weighted by Crippen LogP contribution is -2.14. The van der Waals surface area contributed by atoms with Crippen LogP contribution in [-0.4, -0.2) is 32.3 Å². The number of rotatable bonds is 5. The third kappa shape index (κ3) is 4.59. The maximum Gasteiger partial charge on any atom is 0.258 e. The molecule has 10 heteroatoms. The van der Waals surface area contributed by atoms with Crippen LogP contribution in [0, 0.1) is 0 Å². The van der Waals surface area contributed by atoms with Gasteiger partial charge in [-0.3, -0.25) is 19.7 Å². The highest BCUT2D eigenvalue weighted by Gasteiger charge is 2.15. The molecule has 0 radical (unpaired) electrons. The van der Waals surface area contributed by atoms with Gasteiger partial charge < -0.3 is 10.6 Å². The molecular formula is C21H18N6O3S. The van der Waals surface area contributed by atoms with E-state index in [9.17, 15) is 14.4 Å². The van der Waals surface area contributed by atoms with E-state index in [2.05, 4.69) is 26.0 Å². The molecule has 2 aromatic carbocycles. The zero-order chi connectivity index (χ0) is 22.0. The summed E-state index contributed by atoms with van der Waals surface area (Å²) in [7, 11) is 0. The second-order valence-corrected chi connectivity index (χ2v) is 7.56. The van der Waals surface area contributed by atoms with E-state index in [1.54, 1.807) is 28.8 Å². The summed E-state index contributed by atoms with van der Waals surface area (Å²) in [4.78, 5) is 40.0. The van der Waals surface area contributed by atoms with Crippen molar-refractivity contribution in [3.63, 3.8) is 0 Å². The molecule has 0 fully saturated rings. The fourth-order valence-electron chi connectivity index (χ4n) is 2.98. The second-order valence-electron chi connectivity index (χ2n) is 6.73. The number of aromatic nitrogens is 3. The summed E-state index contributed by atoms with van der Waals surface area (Å²) in [6, 6.07) is 14.0. The van der Waals surface area contributed by atoms with Crippen molar-refractivity contribution in [1.29, 1.82) is 0 Å². The first kappa shape index (κ1) is 20.2. The minimum absolute atomic E-state index is 0.134. The Kier molecular flexibility index (Phi) is 5.46. The normalized spacial score (nSPS) is 10.6. The number of hydrogen-bond acceptors (Lipinski definition) is 6. The summed E-state index contributed by atoms with van der Waals surface area (Å²) in [5.74, 6) is -0.555. The van der Waals surface area contributed by atoms with Crippen LogP contribution in [0.25, 0.3) is 16.2 Å². The zero-order valence-electron chi connectivity index (χ0n) is 16.7. The van der Waals surface area contributed by atoms with Crippen molar-refractivity contribution in [2.24, 2.45) is 0 Å². The van der Waals surface area contributed by atoms with Gasteiger partial charge in [-0.2, -0.15) is 4.98 Å². The van der Waals surface area contributed by atoms with Crippen molar-refractivity contribution in [3.05, 3.63) is 59.5 Å². The van der Waals surface area contributed by atoms with Gasteiger partial charge in [-0.1, -0.05) is 18.2 Å². The highest BCUT2D eigenvalue weighted by Crippen LogP contribution is 2.27. The van der Waals surface area contributed by atoms with Gasteiger partial charge in [0, 0.05) is 41.7 Å². The first-order chi connectivity index (χ1) is 14.9. The Morgan fingerprint density at radius 1 is 0.903 bits per heavy atom. The lowest BCUT2D eigenvalue weighted by atomic mass is 10.1. The number of carbonyl (C=O) groups is 3. The molecular weight excluding hydrogens is 416 g/mol. The molecule has 0 unspecified atom stereocenters. The lowest BCUT2D eigenvalue weighted by molar-refractivity contribution is -0.115. The van der Waals surface area contributed by atoms with Crippen molar-refractivity contribution in [2.75, 3.05) is 16.0 Å². The molecule has 156 valence electrons. The summed E-state index contributed by atoms with van der Waals surface area (Å²) in [5, 5.41) is 14.4. The zero-order valence-corrected chi connectivity index (χ0v) is 17.5. The largest absolute Gasteiger partial charge is 0.326 e. The molecule has 0 spiro atoms. The molecule has 3 amide bonds. The highest BCUT2D eigenvalue weighted by atomic mass is 32.1. The lowest BCUT2D eigenvalue weighted by Gasteiger charge is -2.05. The Labute approximate surface area is 181 Å². The number of hydrogen-bond donors (Lipinski definition) is 3. The van der Waals surface area contributed by atoms with Gasteiger partial charge in [-0.25, -0.2) is 4.52 Å². The van der Waals surface area contributed by atoms with Crippen LogP contribution < -0.4 is 16.0 Å². The van der Waals surface area contributed by atoms with E-state index in [-0.39, 0.29) is 23.7 Å². The number of thiazole rings is 1. The van der Waals surface area contributed by atoms with E-state index >= 15 is 0 Å². The van der Waals surface area contributed by atoms with Crippen molar-refractivity contribution in [3.8, 4) is 11.3 Å². The number of amides is 3. The molecule has 31 heavy (non-hydrogen) atoms. The smallest absolute Gasteiger partial charge is 0.258 e. The van der Waals surface area contributed by atoms with Gasteiger partial charge in [0.1, 0.15) is 0 Å². The van der Waals surface area contributed by atoms with Gasteiger partial charge in [-0.15, -0.1) is 16.4 Å². The molecule has 2 aromatic heterocycles. The number of nitrogens with zero attached hydrogens (tertiary/aromatic N) is 3. The molecule has 2 heterocycles. The number of fused-ring (bicyclic) bond motifs is 1. The monoisotopic (exact) mass is 434 g/mol. The first-order valence-electron chi connectivity index (χ1n) is 9.30. The van der Waals surface area contributed by atoms with Crippen molar-refractivity contribution >= 4 is 51.3 Å². The Hall–Kier alpha value is -4.05. The van der Waals surface area contributed by atoms with Crippen LogP contribution in [0.5, 0.6) is 0 Å². The molecule has 0 saturated heterocycles. The van der Waals surface area contributed by atoms with E-state index in [0.717, 1.165) is 11.3 Å². The number of carbonyl (C=O) groups excluding carboxylic acids is 3. The van der Waals surface area contributed by atoms with E-state index in [1.807, 2.05) is 29.6 Å². The average molecular weight is 434 g/mol. The number of benzene rings is 2. The second kappa shape index (κ2) is 8.36. The Balaban J connectivity index is 1.54. The predicted octanol–water partition coefficient (Wildman–Crippen LogP) is 3.63. The van der Waals surface area contributed by atoms with Gasteiger partial charge in [0.15, 0.2) is 0 Å². The van der Waals surface area contributed by atoms with E-state index < -0.39 is 0 Å². The molecule has 4 rings (SSSR count). The van der Waals surface area contributed by atoms with Gasteiger partial charge in [-0.05, 0) is 30.3 Å². The van der Waals surface area contributed by atoms with Crippen LogP contribution in [-0.2, 0) is 9.59 Å². The average Bonchev–Trinajstić information content (AvgIpc) is 3.28.